The van der Waals surface area contributed by atoms with Crippen molar-refractivity contribution in [1.82, 2.24) is 10.1 Å². The van der Waals surface area contributed by atoms with E-state index in [1.54, 1.807) is 24.3 Å². The number of carbonyl (C=O) groups is 2. The summed E-state index contributed by atoms with van der Waals surface area (Å²) in [6.45, 7) is 5.87. The summed E-state index contributed by atoms with van der Waals surface area (Å²) in [5.74, 6) is -0.291. The summed E-state index contributed by atoms with van der Waals surface area (Å²) in [7, 11) is 0. The number of hydrogen-bond donors (Lipinski definition) is 3. The van der Waals surface area contributed by atoms with Crippen LogP contribution in [-0.4, -0.2) is 22.1 Å². The Morgan fingerprint density at radius 2 is 1.77 bits per heavy atom. The van der Waals surface area contributed by atoms with E-state index < -0.39 is 17.8 Å². The molecule has 0 unspecified atom stereocenters. The molecule has 3 aromatic rings. The van der Waals surface area contributed by atoms with E-state index in [1.807, 2.05) is 20.8 Å². The van der Waals surface area contributed by atoms with Crippen LogP contribution in [0.25, 0.3) is 0 Å². The van der Waals surface area contributed by atoms with Crippen LogP contribution in [0.3, 0.4) is 0 Å². The third-order valence-electron chi connectivity index (χ3n) is 4.55. The van der Waals surface area contributed by atoms with Gasteiger partial charge in [-0.25, -0.2) is 9.18 Å². The molecule has 4 N–H and O–H groups in total. The molecule has 162 valence electrons. The number of nitrogens with zero attached hydrogens (tertiary/aromatic N) is 2. The standard InChI is InChI=1S/C22H24FN5O3/c1-22(2,3)18-12-19(28-31-18)27-21(30)26-16-7-6-13(10-15(16)23)4-5-14-8-9-25-17(11-14)20(24)29/h6-12H,4-5H2,1-3H3,(H2,24,29)(H2,26,27,28,30). The predicted molar refractivity (Wildman–Crippen MR) is 114 cm³/mol. The number of halogens is 1. The van der Waals surface area contributed by atoms with Crippen molar-refractivity contribution in [2.75, 3.05) is 10.6 Å². The fourth-order valence-corrected chi connectivity index (χ4v) is 2.83. The Hall–Kier alpha value is -3.75. The number of aromatic nitrogens is 2. The van der Waals surface area contributed by atoms with Gasteiger partial charge < -0.3 is 15.6 Å². The number of nitrogens with one attached hydrogen (secondary N) is 2. The second-order valence-corrected chi connectivity index (χ2v) is 8.13. The molecule has 0 aliphatic carbocycles. The van der Waals surface area contributed by atoms with E-state index in [9.17, 15) is 14.0 Å². The molecule has 0 aliphatic rings. The van der Waals surface area contributed by atoms with E-state index in [0.29, 0.717) is 18.6 Å². The zero-order chi connectivity index (χ0) is 22.6. The minimum absolute atomic E-state index is 0.0423. The van der Waals surface area contributed by atoms with Crippen LogP contribution in [0.5, 0.6) is 0 Å². The van der Waals surface area contributed by atoms with E-state index in [4.69, 9.17) is 10.3 Å². The van der Waals surface area contributed by atoms with E-state index in [2.05, 4.69) is 20.8 Å². The third kappa shape index (κ3) is 5.88. The SMILES string of the molecule is CC(C)(C)c1cc(NC(=O)Nc2ccc(CCc3ccnc(C(N)=O)c3)cc2F)no1. The van der Waals surface area contributed by atoms with E-state index in [-0.39, 0.29) is 22.6 Å². The van der Waals surface area contributed by atoms with E-state index in [1.165, 1.54) is 18.3 Å². The van der Waals surface area contributed by atoms with Crippen LogP contribution >= 0.6 is 0 Å². The molecule has 9 heteroatoms. The van der Waals surface area contributed by atoms with Gasteiger partial charge in [0.2, 0.25) is 0 Å². The summed E-state index contributed by atoms with van der Waals surface area (Å²) < 4.78 is 19.7. The maximum Gasteiger partial charge on any atom is 0.325 e. The van der Waals surface area contributed by atoms with Crippen LogP contribution in [0.15, 0.2) is 47.1 Å². The summed E-state index contributed by atoms with van der Waals surface area (Å²) in [6, 6.07) is 8.97. The fraction of sp³-hybridized carbons (Fsp3) is 0.273. The quantitative estimate of drug-likeness (QED) is 0.550. The average molecular weight is 425 g/mol. The number of aryl methyl sites for hydroxylation is 2. The van der Waals surface area contributed by atoms with E-state index >= 15 is 0 Å². The number of pyridine rings is 1. The van der Waals surface area contributed by atoms with Crippen molar-refractivity contribution in [3.05, 3.63) is 71.0 Å². The lowest BCUT2D eigenvalue weighted by Crippen LogP contribution is -2.20. The monoisotopic (exact) mass is 425 g/mol. The second kappa shape index (κ2) is 8.95. The van der Waals surface area contributed by atoms with E-state index in [0.717, 1.165) is 11.1 Å². The zero-order valence-corrected chi connectivity index (χ0v) is 17.5. The molecule has 0 atom stereocenters. The topological polar surface area (TPSA) is 123 Å². The highest BCUT2D eigenvalue weighted by atomic mass is 19.1. The molecule has 2 heterocycles. The lowest BCUT2D eigenvalue weighted by molar-refractivity contribution is 0.0995. The second-order valence-electron chi connectivity index (χ2n) is 8.13. The molecule has 2 aromatic heterocycles. The van der Waals surface area contributed by atoms with Gasteiger partial charge in [0, 0.05) is 17.7 Å². The first kappa shape index (κ1) is 21.9. The number of nitrogens with two attached hydrogens (primary N) is 1. The molecule has 0 saturated carbocycles. The molecular formula is C22H24FN5O3. The molecule has 31 heavy (non-hydrogen) atoms. The highest BCUT2D eigenvalue weighted by molar-refractivity contribution is 5.99. The summed E-state index contributed by atoms with van der Waals surface area (Å²) in [4.78, 5) is 27.3. The van der Waals surface area contributed by atoms with Crippen LogP contribution in [0.2, 0.25) is 0 Å². The number of anilines is 2. The van der Waals surface area contributed by atoms with Gasteiger partial charge in [-0.05, 0) is 48.2 Å². The number of hydrogen-bond acceptors (Lipinski definition) is 5. The summed E-state index contributed by atoms with van der Waals surface area (Å²) in [5, 5.41) is 8.78. The Kier molecular flexibility index (Phi) is 6.33. The molecule has 0 spiro atoms. The first-order valence-electron chi connectivity index (χ1n) is 9.70. The van der Waals surface area contributed by atoms with Crippen molar-refractivity contribution in [2.45, 2.75) is 39.0 Å². The molecule has 0 bridgehead atoms. The molecule has 3 rings (SSSR count). The largest absolute Gasteiger partial charge is 0.364 e. The molecule has 0 fully saturated rings. The maximum absolute atomic E-state index is 14.5. The van der Waals surface area contributed by atoms with Crippen LogP contribution in [0.4, 0.5) is 20.7 Å². The van der Waals surface area contributed by atoms with Crippen molar-refractivity contribution >= 4 is 23.4 Å². The number of amides is 3. The van der Waals surface area contributed by atoms with Crippen LogP contribution in [0, 0.1) is 5.82 Å². The van der Waals surface area contributed by atoms with Gasteiger partial charge in [0.05, 0.1) is 5.69 Å². The van der Waals surface area contributed by atoms with Crippen LogP contribution in [0.1, 0.15) is 48.1 Å². The number of rotatable bonds is 6. The number of urea groups is 1. The molecule has 1 aromatic carbocycles. The highest BCUT2D eigenvalue weighted by Crippen LogP contribution is 2.24. The Morgan fingerprint density at radius 1 is 1.06 bits per heavy atom. The van der Waals surface area contributed by atoms with Crippen molar-refractivity contribution in [3.8, 4) is 0 Å². The minimum atomic E-state index is -0.629. The molecule has 0 radical (unpaired) electrons. The minimum Gasteiger partial charge on any atom is -0.364 e. The van der Waals surface area contributed by atoms with Gasteiger partial charge in [-0.3, -0.25) is 15.1 Å². The van der Waals surface area contributed by atoms with Gasteiger partial charge in [-0.2, -0.15) is 0 Å². The summed E-state index contributed by atoms with van der Waals surface area (Å²) in [5.41, 5.74) is 6.83. The third-order valence-corrected chi connectivity index (χ3v) is 4.55. The van der Waals surface area contributed by atoms with Gasteiger partial charge in [0.25, 0.3) is 5.91 Å². The van der Waals surface area contributed by atoms with Gasteiger partial charge >= 0.3 is 6.03 Å². The Labute approximate surface area is 179 Å². The Bertz CT molecular complexity index is 1100. The van der Waals surface area contributed by atoms with Gasteiger partial charge in [-0.15, -0.1) is 0 Å². The van der Waals surface area contributed by atoms with Crippen molar-refractivity contribution in [3.63, 3.8) is 0 Å². The van der Waals surface area contributed by atoms with Crippen molar-refractivity contribution in [1.29, 1.82) is 0 Å². The molecule has 8 nitrogen and oxygen atoms in total. The Morgan fingerprint density at radius 3 is 2.39 bits per heavy atom. The van der Waals surface area contributed by atoms with Gasteiger partial charge in [0.1, 0.15) is 17.3 Å². The zero-order valence-electron chi connectivity index (χ0n) is 17.5. The van der Waals surface area contributed by atoms with Crippen molar-refractivity contribution in [2.24, 2.45) is 5.73 Å². The van der Waals surface area contributed by atoms with Gasteiger partial charge in [-0.1, -0.05) is 32.0 Å². The number of primary amides is 1. The summed E-state index contributed by atoms with van der Waals surface area (Å²) >= 11 is 0. The summed E-state index contributed by atoms with van der Waals surface area (Å²) in [6.07, 6.45) is 2.64. The average Bonchev–Trinajstić information content (AvgIpc) is 3.17. The smallest absolute Gasteiger partial charge is 0.325 e. The number of carbonyl (C=O) groups excluding carboxylic acids is 2. The fourth-order valence-electron chi connectivity index (χ4n) is 2.83. The molecule has 3 amide bonds. The predicted octanol–water partition coefficient (Wildman–Crippen LogP) is 4.03. The van der Waals surface area contributed by atoms with Crippen molar-refractivity contribution < 1.29 is 18.5 Å². The highest BCUT2D eigenvalue weighted by Gasteiger charge is 2.20. The molecule has 0 aliphatic heterocycles. The van der Waals surface area contributed by atoms with Gasteiger partial charge in [0.15, 0.2) is 5.82 Å². The van der Waals surface area contributed by atoms with Crippen LogP contribution in [-0.2, 0) is 18.3 Å². The molecular weight excluding hydrogens is 401 g/mol. The Balaban J connectivity index is 1.59. The first-order chi connectivity index (χ1) is 14.6. The molecule has 0 saturated heterocycles. The maximum atomic E-state index is 14.5. The first-order valence-corrected chi connectivity index (χ1v) is 9.70. The lowest BCUT2D eigenvalue weighted by atomic mass is 9.93. The van der Waals surface area contributed by atoms with Crippen LogP contribution < -0.4 is 16.4 Å². The lowest BCUT2D eigenvalue weighted by Gasteiger charge is -2.12. The normalized spacial score (nSPS) is 11.2. The number of benzene rings is 1.